The van der Waals surface area contributed by atoms with E-state index in [4.69, 9.17) is 0 Å². The number of anilines is 1. The molecule has 8 heteroatoms. The number of fused-ring (bicyclic) bond motifs is 1. The van der Waals surface area contributed by atoms with E-state index >= 15 is 0 Å². The second kappa shape index (κ2) is 6.72. The van der Waals surface area contributed by atoms with Crippen LogP contribution in [0.5, 0.6) is 0 Å². The molecule has 4 rings (SSSR count). The van der Waals surface area contributed by atoms with Crippen LogP contribution in [0.2, 0.25) is 0 Å². The fourth-order valence-corrected chi connectivity index (χ4v) is 3.10. The third-order valence-corrected chi connectivity index (χ3v) is 4.50. The van der Waals surface area contributed by atoms with Gasteiger partial charge in [-0.25, -0.2) is 23.7 Å². The van der Waals surface area contributed by atoms with Gasteiger partial charge in [-0.05, 0) is 12.1 Å². The lowest BCUT2D eigenvalue weighted by molar-refractivity contribution is 0.248. The van der Waals surface area contributed by atoms with Gasteiger partial charge in [0.25, 0.3) is 0 Å². The third kappa shape index (κ3) is 3.43. The van der Waals surface area contributed by atoms with E-state index in [9.17, 15) is 8.78 Å². The first-order valence-corrected chi connectivity index (χ1v) is 8.24. The molecule has 25 heavy (non-hydrogen) atoms. The molecule has 0 unspecified atom stereocenters. The van der Waals surface area contributed by atoms with Gasteiger partial charge in [-0.15, -0.1) is 0 Å². The predicted octanol–water partition coefficient (Wildman–Crippen LogP) is 1.93. The lowest BCUT2D eigenvalue weighted by Crippen LogP contribution is -2.47. The van der Waals surface area contributed by atoms with E-state index in [1.165, 1.54) is 24.5 Å². The summed E-state index contributed by atoms with van der Waals surface area (Å²) in [6.45, 7) is 5.09. The summed E-state index contributed by atoms with van der Waals surface area (Å²) in [7, 11) is 0. The Labute approximate surface area is 143 Å². The molecule has 130 valence electrons. The minimum Gasteiger partial charge on any atom is -0.338 e. The van der Waals surface area contributed by atoms with Crippen LogP contribution in [0.4, 0.5) is 14.7 Å². The smallest absolute Gasteiger partial charge is 0.225 e. The van der Waals surface area contributed by atoms with E-state index in [2.05, 4.69) is 24.8 Å². The van der Waals surface area contributed by atoms with Crippen molar-refractivity contribution in [2.45, 2.75) is 6.54 Å². The molecule has 3 heterocycles. The Kier molecular flexibility index (Phi) is 4.27. The average molecular weight is 344 g/mol. The molecule has 1 aromatic carbocycles. The number of imidazole rings is 1. The van der Waals surface area contributed by atoms with Crippen LogP contribution in [0, 0.1) is 11.6 Å². The molecule has 3 aromatic rings. The highest BCUT2D eigenvalue weighted by atomic mass is 19.1. The molecule has 1 saturated heterocycles. The Bertz CT molecular complexity index is 855. The van der Waals surface area contributed by atoms with Gasteiger partial charge in [-0.3, -0.25) is 4.90 Å². The summed E-state index contributed by atoms with van der Waals surface area (Å²) in [5.41, 5.74) is 1.62. The summed E-state index contributed by atoms with van der Waals surface area (Å²) in [6, 6.07) is 4.68. The molecule has 0 spiro atoms. The van der Waals surface area contributed by atoms with Gasteiger partial charge >= 0.3 is 0 Å². The normalized spacial score (nSPS) is 15.8. The van der Waals surface area contributed by atoms with Gasteiger partial charge in [0, 0.05) is 45.3 Å². The van der Waals surface area contributed by atoms with Crippen LogP contribution in [0.25, 0.3) is 11.0 Å². The van der Waals surface area contributed by atoms with Crippen molar-refractivity contribution < 1.29 is 8.78 Å². The Morgan fingerprint density at radius 2 is 1.64 bits per heavy atom. The van der Waals surface area contributed by atoms with E-state index in [1.807, 2.05) is 4.57 Å². The first-order chi connectivity index (χ1) is 12.2. The number of hydrogen-bond donors (Lipinski definition) is 0. The molecule has 0 saturated carbocycles. The highest BCUT2D eigenvalue weighted by molar-refractivity contribution is 5.75. The molecule has 1 fully saturated rings. The highest BCUT2D eigenvalue weighted by Crippen LogP contribution is 2.15. The minimum absolute atomic E-state index is 0.267. The maximum absolute atomic E-state index is 13.2. The Hall–Kier alpha value is -2.61. The Morgan fingerprint density at radius 1 is 0.880 bits per heavy atom. The van der Waals surface area contributed by atoms with Crippen LogP contribution >= 0.6 is 0 Å². The zero-order chi connectivity index (χ0) is 17.2. The number of rotatable bonds is 4. The van der Waals surface area contributed by atoms with E-state index in [1.54, 1.807) is 12.4 Å². The Balaban J connectivity index is 1.33. The lowest BCUT2D eigenvalue weighted by atomic mass is 10.3. The molecule has 2 aromatic heterocycles. The van der Waals surface area contributed by atoms with Gasteiger partial charge in [-0.2, -0.15) is 0 Å². The van der Waals surface area contributed by atoms with Gasteiger partial charge in [0.1, 0.15) is 5.82 Å². The van der Waals surface area contributed by atoms with Crippen molar-refractivity contribution in [3.63, 3.8) is 0 Å². The van der Waals surface area contributed by atoms with Gasteiger partial charge in [0.2, 0.25) is 5.95 Å². The summed E-state index contributed by atoms with van der Waals surface area (Å²) < 4.78 is 28.2. The molecule has 1 aliphatic heterocycles. The quantitative estimate of drug-likeness (QED) is 0.724. The molecule has 0 aliphatic carbocycles. The molecule has 0 atom stereocenters. The molecule has 0 N–H and O–H groups in total. The van der Waals surface area contributed by atoms with Crippen molar-refractivity contribution in [3.8, 4) is 0 Å². The number of nitrogens with zero attached hydrogens (tertiary/aromatic N) is 6. The van der Waals surface area contributed by atoms with Crippen LogP contribution < -0.4 is 4.90 Å². The zero-order valence-corrected chi connectivity index (χ0v) is 13.6. The van der Waals surface area contributed by atoms with Crippen LogP contribution in [0.15, 0.2) is 36.9 Å². The Morgan fingerprint density at radius 3 is 2.40 bits per heavy atom. The van der Waals surface area contributed by atoms with Gasteiger partial charge < -0.3 is 9.47 Å². The number of hydrogen-bond acceptors (Lipinski definition) is 5. The third-order valence-electron chi connectivity index (χ3n) is 4.50. The zero-order valence-electron chi connectivity index (χ0n) is 13.6. The SMILES string of the molecule is Fc1cnc(N2CCN(CCn3cnc4cc(F)ccc43)CC2)nc1. The summed E-state index contributed by atoms with van der Waals surface area (Å²) in [4.78, 5) is 16.7. The molecular weight excluding hydrogens is 326 g/mol. The number of halogens is 2. The molecule has 0 amide bonds. The molecule has 0 radical (unpaired) electrons. The summed E-state index contributed by atoms with van der Waals surface area (Å²) in [5.74, 6) is -0.115. The van der Waals surface area contributed by atoms with Crippen molar-refractivity contribution in [1.29, 1.82) is 0 Å². The first kappa shape index (κ1) is 15.9. The molecule has 0 bridgehead atoms. The number of piperazine rings is 1. The second-order valence-electron chi connectivity index (χ2n) is 6.10. The lowest BCUT2D eigenvalue weighted by Gasteiger charge is -2.34. The number of benzene rings is 1. The van der Waals surface area contributed by atoms with E-state index in [-0.39, 0.29) is 5.82 Å². The molecular formula is C17H18F2N6. The summed E-state index contributed by atoms with van der Waals surface area (Å²) in [5, 5.41) is 0. The standard InChI is InChI=1S/C17H18F2N6/c18-13-1-2-16-15(9-13)22-12-25(16)8-5-23-3-6-24(7-4-23)17-20-10-14(19)11-21-17/h1-2,9-12H,3-8H2. The first-order valence-electron chi connectivity index (χ1n) is 8.24. The fraction of sp³-hybridized carbons (Fsp3) is 0.353. The van der Waals surface area contributed by atoms with E-state index in [0.717, 1.165) is 44.8 Å². The van der Waals surface area contributed by atoms with Crippen molar-refractivity contribution in [3.05, 3.63) is 48.6 Å². The largest absolute Gasteiger partial charge is 0.338 e. The van der Waals surface area contributed by atoms with Gasteiger partial charge in [0.15, 0.2) is 5.82 Å². The highest BCUT2D eigenvalue weighted by Gasteiger charge is 2.19. The number of aromatic nitrogens is 4. The summed E-state index contributed by atoms with van der Waals surface area (Å²) in [6.07, 6.45) is 4.15. The minimum atomic E-state index is -0.421. The van der Waals surface area contributed by atoms with Crippen molar-refractivity contribution in [2.75, 3.05) is 37.6 Å². The second-order valence-corrected chi connectivity index (χ2v) is 6.10. The van der Waals surface area contributed by atoms with Crippen molar-refractivity contribution in [1.82, 2.24) is 24.4 Å². The van der Waals surface area contributed by atoms with E-state index in [0.29, 0.717) is 11.5 Å². The van der Waals surface area contributed by atoms with Crippen molar-refractivity contribution >= 4 is 17.0 Å². The topological polar surface area (TPSA) is 50.1 Å². The summed E-state index contributed by atoms with van der Waals surface area (Å²) >= 11 is 0. The van der Waals surface area contributed by atoms with Crippen LogP contribution in [0.1, 0.15) is 0 Å². The van der Waals surface area contributed by atoms with Gasteiger partial charge in [0.05, 0.1) is 29.8 Å². The van der Waals surface area contributed by atoms with E-state index < -0.39 is 5.82 Å². The van der Waals surface area contributed by atoms with Crippen LogP contribution in [0.3, 0.4) is 0 Å². The van der Waals surface area contributed by atoms with Crippen molar-refractivity contribution in [2.24, 2.45) is 0 Å². The molecule has 1 aliphatic rings. The predicted molar refractivity (Wildman–Crippen MR) is 90.3 cm³/mol. The monoisotopic (exact) mass is 344 g/mol. The molecule has 6 nitrogen and oxygen atoms in total. The maximum Gasteiger partial charge on any atom is 0.225 e. The maximum atomic E-state index is 13.2. The van der Waals surface area contributed by atoms with Crippen LogP contribution in [-0.4, -0.2) is 57.1 Å². The average Bonchev–Trinajstić information content (AvgIpc) is 3.03. The van der Waals surface area contributed by atoms with Gasteiger partial charge in [-0.1, -0.05) is 0 Å². The van der Waals surface area contributed by atoms with Crippen LogP contribution in [-0.2, 0) is 6.54 Å². The fourth-order valence-electron chi connectivity index (χ4n) is 3.10.